The number of urea groups is 1. The van der Waals surface area contributed by atoms with Crippen molar-refractivity contribution in [1.82, 2.24) is 10.2 Å². The van der Waals surface area contributed by atoms with Crippen LogP contribution < -0.4 is 5.32 Å². The molecule has 0 radical (unpaired) electrons. The third-order valence-electron chi connectivity index (χ3n) is 4.09. The first-order valence-electron chi connectivity index (χ1n) is 7.91. The van der Waals surface area contributed by atoms with E-state index in [4.69, 9.17) is 4.74 Å². The van der Waals surface area contributed by atoms with Gasteiger partial charge in [0, 0.05) is 32.4 Å². The zero-order valence-electron chi connectivity index (χ0n) is 13.3. The average Bonchev–Trinajstić information content (AvgIpc) is 2.89. The van der Waals surface area contributed by atoms with Crippen LogP contribution in [0.2, 0.25) is 0 Å². The summed E-state index contributed by atoms with van der Waals surface area (Å²) in [5, 5.41) is 2.93. The Morgan fingerprint density at radius 2 is 2.18 bits per heavy atom. The molecule has 22 heavy (non-hydrogen) atoms. The number of benzene rings is 1. The van der Waals surface area contributed by atoms with Crippen molar-refractivity contribution in [1.29, 1.82) is 0 Å². The molecular formula is C17H25FN2O2. The van der Waals surface area contributed by atoms with Crippen LogP contribution in [-0.2, 0) is 4.74 Å². The fourth-order valence-electron chi connectivity index (χ4n) is 2.98. The van der Waals surface area contributed by atoms with E-state index in [0.717, 1.165) is 19.3 Å². The molecule has 1 fully saturated rings. The van der Waals surface area contributed by atoms with Gasteiger partial charge in [-0.15, -0.1) is 0 Å². The number of unbranched alkanes of at least 4 members (excludes halogenated alkanes) is 1. The van der Waals surface area contributed by atoms with Gasteiger partial charge in [0.25, 0.3) is 0 Å². The van der Waals surface area contributed by atoms with E-state index in [9.17, 15) is 9.18 Å². The van der Waals surface area contributed by atoms with Crippen molar-refractivity contribution in [2.24, 2.45) is 5.92 Å². The van der Waals surface area contributed by atoms with Gasteiger partial charge in [0.2, 0.25) is 0 Å². The van der Waals surface area contributed by atoms with Gasteiger partial charge >= 0.3 is 6.03 Å². The molecule has 0 aromatic heterocycles. The van der Waals surface area contributed by atoms with Gasteiger partial charge in [0.15, 0.2) is 0 Å². The van der Waals surface area contributed by atoms with Gasteiger partial charge in [-0.1, -0.05) is 25.1 Å². The number of nitrogens with one attached hydrogen (secondary N) is 1. The summed E-state index contributed by atoms with van der Waals surface area (Å²) < 4.78 is 19.0. The van der Waals surface area contributed by atoms with Crippen LogP contribution in [0.3, 0.4) is 0 Å². The smallest absolute Gasteiger partial charge is 0.317 e. The van der Waals surface area contributed by atoms with E-state index in [1.165, 1.54) is 6.07 Å². The number of rotatable bonds is 6. The Labute approximate surface area is 131 Å². The number of carbonyl (C=O) groups is 1. The molecule has 1 N–H and O–H groups in total. The molecule has 2 amide bonds. The third-order valence-corrected chi connectivity index (χ3v) is 4.09. The van der Waals surface area contributed by atoms with Gasteiger partial charge in [0.1, 0.15) is 5.82 Å². The van der Waals surface area contributed by atoms with E-state index in [1.807, 2.05) is 6.07 Å². The highest BCUT2D eigenvalue weighted by Gasteiger charge is 2.35. The fraction of sp³-hybridized carbons (Fsp3) is 0.588. The van der Waals surface area contributed by atoms with Crippen molar-refractivity contribution in [3.8, 4) is 0 Å². The van der Waals surface area contributed by atoms with E-state index >= 15 is 0 Å². The van der Waals surface area contributed by atoms with Gasteiger partial charge in [-0.3, -0.25) is 0 Å². The Kier molecular flexibility index (Phi) is 6.19. The van der Waals surface area contributed by atoms with E-state index in [1.54, 1.807) is 24.1 Å². The number of likely N-dealkylation sites (tertiary alicyclic amines) is 1. The number of nitrogens with zero attached hydrogens (tertiary/aromatic N) is 1. The Hall–Kier alpha value is -1.62. The highest BCUT2D eigenvalue weighted by atomic mass is 19.1. The lowest BCUT2D eigenvalue weighted by atomic mass is 10.0. The Bertz CT molecular complexity index is 495. The summed E-state index contributed by atoms with van der Waals surface area (Å²) in [7, 11) is 1.67. The highest BCUT2D eigenvalue weighted by molar-refractivity contribution is 5.75. The Morgan fingerprint density at radius 1 is 1.41 bits per heavy atom. The molecule has 1 heterocycles. The van der Waals surface area contributed by atoms with Gasteiger partial charge in [-0.2, -0.15) is 0 Å². The van der Waals surface area contributed by atoms with Crippen LogP contribution in [0.5, 0.6) is 0 Å². The molecule has 0 aliphatic carbocycles. The third kappa shape index (κ3) is 4.19. The number of hydrogen-bond acceptors (Lipinski definition) is 2. The molecular weight excluding hydrogens is 283 g/mol. The van der Waals surface area contributed by atoms with E-state index < -0.39 is 0 Å². The van der Waals surface area contributed by atoms with Crippen LogP contribution in [0.25, 0.3) is 0 Å². The first kappa shape index (κ1) is 16.7. The van der Waals surface area contributed by atoms with Crippen molar-refractivity contribution in [2.75, 3.05) is 26.8 Å². The summed E-state index contributed by atoms with van der Waals surface area (Å²) in [6.07, 6.45) is 2.61. The maximum Gasteiger partial charge on any atom is 0.317 e. The van der Waals surface area contributed by atoms with Crippen molar-refractivity contribution in [3.63, 3.8) is 0 Å². The summed E-state index contributed by atoms with van der Waals surface area (Å²) >= 11 is 0. The number of halogens is 1. The van der Waals surface area contributed by atoms with Gasteiger partial charge in [-0.05, 0) is 31.2 Å². The maximum absolute atomic E-state index is 14.0. The largest absolute Gasteiger partial charge is 0.385 e. The van der Waals surface area contributed by atoms with Crippen molar-refractivity contribution >= 4 is 6.03 Å². The summed E-state index contributed by atoms with van der Waals surface area (Å²) in [4.78, 5) is 14.1. The second kappa shape index (κ2) is 8.13. The molecule has 0 bridgehead atoms. The molecule has 1 aliphatic rings. The monoisotopic (exact) mass is 308 g/mol. The molecule has 4 nitrogen and oxygen atoms in total. The van der Waals surface area contributed by atoms with Crippen LogP contribution >= 0.6 is 0 Å². The van der Waals surface area contributed by atoms with Crippen molar-refractivity contribution in [3.05, 3.63) is 35.6 Å². The highest BCUT2D eigenvalue weighted by Crippen LogP contribution is 2.36. The standard InChI is InChI=1S/C17H25FN2O2/c1-13-11-16(14-7-3-4-8-15(14)18)20(12-13)17(21)19-9-5-6-10-22-2/h3-4,7-8,13,16H,5-6,9-12H2,1-2H3,(H,19,21)/t13-,16-/m0/s1. The van der Waals surface area contributed by atoms with Gasteiger partial charge < -0.3 is 15.0 Å². The average molecular weight is 308 g/mol. The fourth-order valence-corrected chi connectivity index (χ4v) is 2.98. The molecule has 0 spiro atoms. The molecule has 2 atom stereocenters. The minimum Gasteiger partial charge on any atom is -0.385 e. The summed E-state index contributed by atoms with van der Waals surface area (Å²) in [5.41, 5.74) is 0.612. The molecule has 1 aromatic rings. The minimum atomic E-state index is -0.237. The van der Waals surface area contributed by atoms with Gasteiger partial charge in [-0.25, -0.2) is 9.18 Å². The zero-order valence-corrected chi connectivity index (χ0v) is 13.3. The predicted molar refractivity (Wildman–Crippen MR) is 84.1 cm³/mol. The number of amides is 2. The second-order valence-electron chi connectivity index (χ2n) is 5.96. The SMILES string of the molecule is COCCCCNC(=O)N1C[C@@H](C)C[C@H]1c1ccccc1F. The second-order valence-corrected chi connectivity index (χ2v) is 5.96. The van der Waals surface area contributed by atoms with Crippen LogP contribution in [0.15, 0.2) is 24.3 Å². The topological polar surface area (TPSA) is 41.6 Å². The molecule has 1 aromatic carbocycles. The molecule has 122 valence electrons. The first-order valence-corrected chi connectivity index (χ1v) is 7.91. The van der Waals surface area contributed by atoms with Crippen LogP contribution in [0, 0.1) is 11.7 Å². The summed E-state index contributed by atoms with van der Waals surface area (Å²) in [6.45, 7) is 4.09. The lowest BCUT2D eigenvalue weighted by molar-refractivity contribution is 0.185. The lowest BCUT2D eigenvalue weighted by Gasteiger charge is -2.25. The minimum absolute atomic E-state index is 0.102. The number of carbonyl (C=O) groups excluding carboxylic acids is 1. The first-order chi connectivity index (χ1) is 10.6. The molecule has 5 heteroatoms. The normalized spacial score (nSPS) is 21.1. The van der Waals surface area contributed by atoms with E-state index in [0.29, 0.717) is 31.2 Å². The van der Waals surface area contributed by atoms with Crippen molar-refractivity contribution in [2.45, 2.75) is 32.2 Å². The maximum atomic E-state index is 14.0. The molecule has 0 saturated carbocycles. The number of ether oxygens (including phenoxy) is 1. The molecule has 1 saturated heterocycles. The van der Waals surface area contributed by atoms with E-state index in [-0.39, 0.29) is 17.9 Å². The van der Waals surface area contributed by atoms with Crippen LogP contribution in [0.1, 0.15) is 37.8 Å². The zero-order chi connectivity index (χ0) is 15.9. The Balaban J connectivity index is 1.96. The summed E-state index contributed by atoms with van der Waals surface area (Å²) in [6, 6.07) is 6.46. The quantitative estimate of drug-likeness (QED) is 0.819. The lowest BCUT2D eigenvalue weighted by Crippen LogP contribution is -2.40. The number of hydrogen-bond donors (Lipinski definition) is 1. The van der Waals surface area contributed by atoms with Crippen molar-refractivity contribution < 1.29 is 13.9 Å². The molecule has 0 unspecified atom stereocenters. The van der Waals surface area contributed by atoms with Gasteiger partial charge in [0.05, 0.1) is 6.04 Å². The van der Waals surface area contributed by atoms with E-state index in [2.05, 4.69) is 12.2 Å². The Morgan fingerprint density at radius 3 is 2.91 bits per heavy atom. The molecule has 2 rings (SSSR count). The van der Waals surface area contributed by atoms with Crippen LogP contribution in [-0.4, -0.2) is 37.7 Å². The summed E-state index contributed by atoms with van der Waals surface area (Å²) in [5.74, 6) is 0.142. The predicted octanol–water partition coefficient (Wildman–Crippen LogP) is 3.34. The number of methoxy groups -OCH3 is 1. The molecule has 1 aliphatic heterocycles. The van der Waals surface area contributed by atoms with Crippen LogP contribution in [0.4, 0.5) is 9.18 Å².